The Hall–Kier alpha value is -9.26. The van der Waals surface area contributed by atoms with E-state index in [0.29, 0.717) is 11.6 Å². The van der Waals surface area contributed by atoms with E-state index < -0.39 is 0 Å². The van der Waals surface area contributed by atoms with Crippen LogP contribution >= 0.6 is 0 Å². The molecule has 0 saturated heterocycles. The smallest absolute Gasteiger partial charge is 0.160 e. The molecule has 0 bridgehead atoms. The van der Waals surface area contributed by atoms with Crippen LogP contribution in [0.5, 0.6) is 0 Å². The van der Waals surface area contributed by atoms with Crippen molar-refractivity contribution in [2.75, 3.05) is 0 Å². The highest BCUT2D eigenvalue weighted by Gasteiger charge is 2.19. The van der Waals surface area contributed by atoms with Crippen molar-refractivity contribution in [1.29, 1.82) is 0 Å². The van der Waals surface area contributed by atoms with Crippen molar-refractivity contribution in [2.45, 2.75) is 0 Å². The zero-order valence-electron chi connectivity index (χ0n) is 36.8. The van der Waals surface area contributed by atoms with Gasteiger partial charge in [-0.1, -0.05) is 170 Å². The summed E-state index contributed by atoms with van der Waals surface area (Å²) in [6.45, 7) is 0. The third kappa shape index (κ3) is 7.00. The van der Waals surface area contributed by atoms with Crippen molar-refractivity contribution in [3.8, 4) is 84.6 Å². The predicted molar refractivity (Wildman–Crippen MR) is 279 cm³/mol. The number of para-hydroxylation sites is 2. The maximum atomic E-state index is 5.34. The highest BCUT2D eigenvalue weighted by atomic mass is 15.0. The number of hydrogen-bond donors (Lipinski definition) is 1. The largest absolute Gasteiger partial charge is 0.355 e. The van der Waals surface area contributed by atoms with E-state index in [9.17, 15) is 0 Å². The summed E-state index contributed by atoms with van der Waals surface area (Å²) in [5, 5.41) is 4.78. The van der Waals surface area contributed by atoms with Gasteiger partial charge in [-0.2, -0.15) is 0 Å². The summed E-state index contributed by atoms with van der Waals surface area (Å²) in [5.41, 5.74) is 16.9. The Balaban J connectivity index is 1.06. The van der Waals surface area contributed by atoms with Gasteiger partial charge in [0.1, 0.15) is 0 Å². The molecule has 0 atom stereocenters. The van der Waals surface area contributed by atoms with Crippen LogP contribution in [-0.4, -0.2) is 29.5 Å². The fraction of sp³-hybridized carbons (Fsp3) is 0. The molecule has 0 aliphatic heterocycles. The standard InChI is InChI=1S/C62H40N6/c1-5-17-40(18-6-1)55-38-57(66-61(64-55)42-21-9-3-10-22-42)46-33-47(58-39-56(41-19-7-2-8-20-41)65-62(67-58)43-23-11-4-12-24-43)35-48(34-46)68-59-28-16-14-26-50(59)52-37-45(30-32-60(52)68)44-29-31-54-51(36-44)49-25-13-15-27-53(49)63-54/h1-39,63H. The maximum Gasteiger partial charge on any atom is 0.160 e. The zero-order chi connectivity index (χ0) is 45.0. The highest BCUT2D eigenvalue weighted by molar-refractivity contribution is 6.12. The molecule has 1 N–H and O–H groups in total. The van der Waals surface area contributed by atoms with E-state index in [1.807, 2.05) is 48.5 Å². The minimum atomic E-state index is 0.656. The van der Waals surface area contributed by atoms with Crippen molar-refractivity contribution in [3.63, 3.8) is 0 Å². The molecule has 6 nitrogen and oxygen atoms in total. The van der Waals surface area contributed by atoms with Gasteiger partial charge in [0.25, 0.3) is 0 Å². The summed E-state index contributed by atoms with van der Waals surface area (Å²) in [6, 6.07) is 82.9. The van der Waals surface area contributed by atoms with Gasteiger partial charge in [-0.25, -0.2) is 19.9 Å². The molecule has 4 aromatic heterocycles. The molecule has 9 aromatic carbocycles. The molecule has 4 heterocycles. The van der Waals surface area contributed by atoms with Gasteiger partial charge >= 0.3 is 0 Å². The average Bonchev–Trinajstić information content (AvgIpc) is 3.96. The third-order valence-corrected chi connectivity index (χ3v) is 12.9. The Morgan fingerprint density at radius 2 is 0.691 bits per heavy atom. The second-order valence-electron chi connectivity index (χ2n) is 17.2. The molecule has 0 aliphatic carbocycles. The second-order valence-corrected chi connectivity index (χ2v) is 17.2. The maximum absolute atomic E-state index is 5.34. The van der Waals surface area contributed by atoms with E-state index >= 15 is 0 Å². The van der Waals surface area contributed by atoms with Crippen molar-refractivity contribution >= 4 is 43.6 Å². The average molecular weight is 869 g/mol. The van der Waals surface area contributed by atoms with Crippen LogP contribution in [0, 0.1) is 0 Å². The van der Waals surface area contributed by atoms with Gasteiger partial charge in [0, 0.05) is 71.6 Å². The minimum absolute atomic E-state index is 0.656. The van der Waals surface area contributed by atoms with Crippen LogP contribution in [0.15, 0.2) is 237 Å². The Morgan fingerprint density at radius 3 is 1.26 bits per heavy atom. The van der Waals surface area contributed by atoms with Crippen LogP contribution in [0.3, 0.4) is 0 Å². The van der Waals surface area contributed by atoms with E-state index in [2.05, 4.69) is 198 Å². The number of fused-ring (bicyclic) bond motifs is 6. The molecular weight excluding hydrogens is 829 g/mol. The quantitative estimate of drug-likeness (QED) is 0.165. The normalized spacial score (nSPS) is 11.5. The molecule has 68 heavy (non-hydrogen) atoms. The van der Waals surface area contributed by atoms with E-state index in [1.54, 1.807) is 0 Å². The second kappa shape index (κ2) is 16.3. The molecule has 0 unspecified atom stereocenters. The minimum Gasteiger partial charge on any atom is -0.355 e. The molecule has 0 fully saturated rings. The molecule has 13 rings (SSSR count). The SMILES string of the molecule is c1ccc(-c2cc(-c3cc(-c4cc(-c5ccccc5)nc(-c5ccccc5)n4)cc(-n4c5ccccc5c5cc(-c6ccc7[nH]c8ccccc8c7c6)ccc54)c3)nc(-c3ccccc3)n2)cc1. The van der Waals surface area contributed by atoms with Crippen molar-refractivity contribution in [1.82, 2.24) is 29.5 Å². The molecule has 13 aromatic rings. The van der Waals surface area contributed by atoms with Crippen LogP contribution in [0.25, 0.3) is 128 Å². The van der Waals surface area contributed by atoms with Crippen LogP contribution in [0.4, 0.5) is 0 Å². The molecule has 0 radical (unpaired) electrons. The van der Waals surface area contributed by atoms with Crippen LogP contribution in [-0.2, 0) is 0 Å². The van der Waals surface area contributed by atoms with Crippen molar-refractivity contribution < 1.29 is 0 Å². The van der Waals surface area contributed by atoms with Crippen LogP contribution < -0.4 is 0 Å². The topological polar surface area (TPSA) is 72.3 Å². The van der Waals surface area contributed by atoms with Gasteiger partial charge in [0.15, 0.2) is 11.6 Å². The summed E-state index contributed by atoms with van der Waals surface area (Å²) >= 11 is 0. The van der Waals surface area contributed by atoms with E-state index in [-0.39, 0.29) is 0 Å². The summed E-state index contributed by atoms with van der Waals surface area (Å²) in [5.74, 6) is 1.31. The summed E-state index contributed by atoms with van der Waals surface area (Å²) < 4.78 is 2.39. The fourth-order valence-corrected chi connectivity index (χ4v) is 9.63. The van der Waals surface area contributed by atoms with Crippen LogP contribution in [0.1, 0.15) is 0 Å². The number of benzene rings is 9. The first kappa shape index (κ1) is 39.1. The number of hydrogen-bond acceptors (Lipinski definition) is 4. The number of aromatic nitrogens is 6. The lowest BCUT2D eigenvalue weighted by Gasteiger charge is -2.16. The Bertz CT molecular complexity index is 3750. The molecule has 0 amide bonds. The molecular formula is C62H40N6. The molecule has 318 valence electrons. The fourth-order valence-electron chi connectivity index (χ4n) is 9.63. The number of nitrogens with one attached hydrogen (secondary N) is 1. The number of nitrogens with zero attached hydrogens (tertiary/aromatic N) is 5. The Morgan fingerprint density at radius 1 is 0.265 bits per heavy atom. The van der Waals surface area contributed by atoms with E-state index in [0.717, 1.165) is 89.5 Å². The third-order valence-electron chi connectivity index (χ3n) is 12.9. The molecule has 0 aliphatic rings. The van der Waals surface area contributed by atoms with Gasteiger partial charge in [-0.15, -0.1) is 0 Å². The van der Waals surface area contributed by atoms with Crippen molar-refractivity contribution in [3.05, 3.63) is 237 Å². The highest BCUT2D eigenvalue weighted by Crippen LogP contribution is 2.40. The lowest BCUT2D eigenvalue weighted by Crippen LogP contribution is -2.00. The lowest BCUT2D eigenvalue weighted by molar-refractivity contribution is 1.16. The molecule has 0 saturated carbocycles. The van der Waals surface area contributed by atoms with Gasteiger partial charge in [0.2, 0.25) is 0 Å². The van der Waals surface area contributed by atoms with Crippen LogP contribution in [0.2, 0.25) is 0 Å². The monoisotopic (exact) mass is 868 g/mol. The first-order chi connectivity index (χ1) is 33.7. The van der Waals surface area contributed by atoms with Gasteiger partial charge in [0.05, 0.1) is 33.8 Å². The first-order valence-corrected chi connectivity index (χ1v) is 22.9. The number of H-pyrrole nitrogens is 1. The van der Waals surface area contributed by atoms with E-state index in [1.165, 1.54) is 27.1 Å². The summed E-state index contributed by atoms with van der Waals surface area (Å²) in [7, 11) is 0. The summed E-state index contributed by atoms with van der Waals surface area (Å²) in [6.07, 6.45) is 0. The molecule has 0 spiro atoms. The lowest BCUT2D eigenvalue weighted by atomic mass is 10.00. The Kier molecular flexibility index (Phi) is 9.39. The number of rotatable bonds is 8. The molecule has 6 heteroatoms. The van der Waals surface area contributed by atoms with Gasteiger partial charge in [-0.3, -0.25) is 0 Å². The van der Waals surface area contributed by atoms with E-state index in [4.69, 9.17) is 19.9 Å². The van der Waals surface area contributed by atoms with Gasteiger partial charge in [-0.05, 0) is 77.9 Å². The van der Waals surface area contributed by atoms with Crippen molar-refractivity contribution in [2.24, 2.45) is 0 Å². The predicted octanol–water partition coefficient (Wildman–Crippen LogP) is 15.7. The Labute approximate surface area is 392 Å². The number of aromatic amines is 1. The first-order valence-electron chi connectivity index (χ1n) is 22.9. The summed E-state index contributed by atoms with van der Waals surface area (Å²) in [4.78, 5) is 24.6. The van der Waals surface area contributed by atoms with Gasteiger partial charge < -0.3 is 9.55 Å². The zero-order valence-corrected chi connectivity index (χ0v) is 36.8.